The van der Waals surface area contributed by atoms with Gasteiger partial charge in [-0.1, -0.05) is 26.0 Å². The highest BCUT2D eigenvalue weighted by molar-refractivity contribution is 5.16. The molecule has 1 aromatic rings. The summed E-state index contributed by atoms with van der Waals surface area (Å²) in [7, 11) is 0. The van der Waals surface area contributed by atoms with Crippen LogP contribution in [0.25, 0.3) is 0 Å². The molecule has 1 N–H and O–H groups in total. The van der Waals surface area contributed by atoms with Crippen molar-refractivity contribution in [2.75, 3.05) is 13.1 Å². The molecule has 0 aromatic heterocycles. The maximum atomic E-state index is 13.0. The smallest absolute Gasteiger partial charge is 0.123 e. The van der Waals surface area contributed by atoms with E-state index in [9.17, 15) is 4.39 Å². The molecule has 3 heteroatoms. The van der Waals surface area contributed by atoms with Gasteiger partial charge in [0.1, 0.15) is 5.82 Å². The minimum absolute atomic E-state index is 0.137. The molecular formula is C15H21FN2. The lowest BCUT2D eigenvalue weighted by Crippen LogP contribution is -2.30. The molecule has 0 saturated heterocycles. The summed E-state index contributed by atoms with van der Waals surface area (Å²) in [6.07, 6.45) is 2.32. The maximum Gasteiger partial charge on any atom is 0.123 e. The van der Waals surface area contributed by atoms with Crippen molar-refractivity contribution in [2.45, 2.75) is 33.1 Å². The molecule has 0 aliphatic carbocycles. The topological polar surface area (TPSA) is 35.8 Å². The molecule has 0 heterocycles. The lowest BCUT2D eigenvalue weighted by Gasteiger charge is -2.23. The lowest BCUT2D eigenvalue weighted by atomic mass is 9.88. The molecule has 0 aliphatic heterocycles. The van der Waals surface area contributed by atoms with E-state index in [1.807, 2.05) is 6.07 Å². The Balaban J connectivity index is 2.24. The van der Waals surface area contributed by atoms with E-state index < -0.39 is 0 Å². The first kappa shape index (κ1) is 14.7. The molecule has 0 amide bonds. The number of nitrogens with zero attached hydrogens (tertiary/aromatic N) is 1. The van der Waals surface area contributed by atoms with Crippen LogP contribution < -0.4 is 5.32 Å². The number of halogens is 1. The molecule has 2 nitrogen and oxygen atoms in total. The quantitative estimate of drug-likeness (QED) is 0.752. The van der Waals surface area contributed by atoms with E-state index in [-0.39, 0.29) is 11.2 Å². The van der Waals surface area contributed by atoms with Crippen molar-refractivity contribution >= 4 is 0 Å². The molecule has 18 heavy (non-hydrogen) atoms. The number of nitrogens with one attached hydrogen (secondary N) is 1. The third-order valence-electron chi connectivity index (χ3n) is 3.00. The molecule has 1 aromatic carbocycles. The second-order valence-corrected chi connectivity index (χ2v) is 5.38. The van der Waals surface area contributed by atoms with Crippen LogP contribution in [0.2, 0.25) is 0 Å². The van der Waals surface area contributed by atoms with Crippen LogP contribution in [0.4, 0.5) is 4.39 Å². The molecule has 0 atom stereocenters. The zero-order chi connectivity index (χ0) is 13.4. The van der Waals surface area contributed by atoms with Crippen LogP contribution in [0.15, 0.2) is 24.3 Å². The Hall–Kier alpha value is -1.40. The van der Waals surface area contributed by atoms with E-state index in [1.54, 1.807) is 12.1 Å². The SMILES string of the molecule is CC(C)(CCC#N)CNCCc1cccc(F)c1. The Bertz CT molecular complexity index is 407. The van der Waals surface area contributed by atoms with Gasteiger partial charge in [-0.25, -0.2) is 4.39 Å². The first-order valence-electron chi connectivity index (χ1n) is 6.36. The Morgan fingerprint density at radius 3 is 2.83 bits per heavy atom. The third kappa shape index (κ3) is 5.79. The summed E-state index contributed by atoms with van der Waals surface area (Å²) < 4.78 is 13.0. The zero-order valence-electron chi connectivity index (χ0n) is 11.2. The molecule has 1 rings (SSSR count). The van der Waals surface area contributed by atoms with E-state index in [2.05, 4.69) is 25.2 Å². The van der Waals surface area contributed by atoms with Gasteiger partial charge < -0.3 is 5.32 Å². The summed E-state index contributed by atoms with van der Waals surface area (Å²) in [6, 6.07) is 8.88. The van der Waals surface area contributed by atoms with Gasteiger partial charge in [-0.2, -0.15) is 5.26 Å². The predicted octanol–water partition coefficient (Wildman–Crippen LogP) is 3.29. The maximum absolute atomic E-state index is 13.0. The van der Waals surface area contributed by atoms with Crippen molar-refractivity contribution in [3.05, 3.63) is 35.6 Å². The summed E-state index contributed by atoms with van der Waals surface area (Å²) in [4.78, 5) is 0. The summed E-state index contributed by atoms with van der Waals surface area (Å²) in [5, 5.41) is 11.9. The molecule has 0 fully saturated rings. The molecule has 0 unspecified atom stereocenters. The highest BCUT2D eigenvalue weighted by Gasteiger charge is 2.16. The fourth-order valence-electron chi connectivity index (χ4n) is 1.83. The molecule has 0 radical (unpaired) electrons. The number of nitriles is 1. The average molecular weight is 248 g/mol. The van der Waals surface area contributed by atoms with Gasteiger partial charge in [0.15, 0.2) is 0 Å². The monoisotopic (exact) mass is 248 g/mol. The highest BCUT2D eigenvalue weighted by Crippen LogP contribution is 2.20. The highest BCUT2D eigenvalue weighted by atomic mass is 19.1. The van der Waals surface area contributed by atoms with Crippen LogP contribution in [-0.4, -0.2) is 13.1 Å². The summed E-state index contributed by atoms with van der Waals surface area (Å²) in [5.41, 5.74) is 1.15. The van der Waals surface area contributed by atoms with Crippen LogP contribution in [0.3, 0.4) is 0 Å². The van der Waals surface area contributed by atoms with E-state index >= 15 is 0 Å². The van der Waals surface area contributed by atoms with Crippen LogP contribution >= 0.6 is 0 Å². The molecule has 0 spiro atoms. The normalized spacial score (nSPS) is 11.2. The van der Waals surface area contributed by atoms with Crippen LogP contribution in [-0.2, 0) is 6.42 Å². The van der Waals surface area contributed by atoms with Crippen molar-refractivity contribution in [2.24, 2.45) is 5.41 Å². The summed E-state index contributed by atoms with van der Waals surface area (Å²) in [5.74, 6) is -0.179. The average Bonchev–Trinajstić information content (AvgIpc) is 2.32. The first-order chi connectivity index (χ1) is 8.53. The van der Waals surface area contributed by atoms with Gasteiger partial charge in [-0.05, 0) is 42.5 Å². The van der Waals surface area contributed by atoms with Gasteiger partial charge in [-0.15, -0.1) is 0 Å². The Morgan fingerprint density at radius 1 is 1.39 bits per heavy atom. The zero-order valence-corrected chi connectivity index (χ0v) is 11.2. The van der Waals surface area contributed by atoms with Gasteiger partial charge in [0, 0.05) is 13.0 Å². The Labute approximate surface area is 109 Å². The molecule has 98 valence electrons. The number of hydrogen-bond donors (Lipinski definition) is 1. The lowest BCUT2D eigenvalue weighted by molar-refractivity contribution is 0.319. The largest absolute Gasteiger partial charge is 0.316 e. The fourth-order valence-corrected chi connectivity index (χ4v) is 1.83. The van der Waals surface area contributed by atoms with Gasteiger partial charge >= 0.3 is 0 Å². The molecule has 0 aliphatic rings. The minimum atomic E-state index is -0.179. The summed E-state index contributed by atoms with van der Waals surface area (Å²) >= 11 is 0. The molecule has 0 saturated carbocycles. The van der Waals surface area contributed by atoms with Crippen molar-refractivity contribution < 1.29 is 4.39 Å². The standard InChI is InChI=1S/C15H21FN2/c1-15(2,8-4-9-17)12-18-10-7-13-5-3-6-14(16)11-13/h3,5-6,11,18H,4,7-8,10,12H2,1-2H3. The number of hydrogen-bond acceptors (Lipinski definition) is 2. The van der Waals surface area contributed by atoms with Crippen molar-refractivity contribution in [1.82, 2.24) is 5.32 Å². The van der Waals surface area contributed by atoms with Crippen molar-refractivity contribution in [3.8, 4) is 6.07 Å². The van der Waals surface area contributed by atoms with Crippen molar-refractivity contribution in [1.29, 1.82) is 5.26 Å². The number of rotatable bonds is 7. The Kier molecular flexibility index (Phi) is 5.80. The molecular weight excluding hydrogens is 227 g/mol. The van der Waals surface area contributed by atoms with Gasteiger partial charge in [0.05, 0.1) is 6.07 Å². The van der Waals surface area contributed by atoms with E-state index in [4.69, 9.17) is 5.26 Å². The van der Waals surface area contributed by atoms with E-state index in [1.165, 1.54) is 6.07 Å². The first-order valence-corrected chi connectivity index (χ1v) is 6.36. The van der Waals surface area contributed by atoms with Crippen LogP contribution in [0.1, 0.15) is 32.3 Å². The van der Waals surface area contributed by atoms with E-state index in [0.29, 0.717) is 6.42 Å². The third-order valence-corrected chi connectivity index (χ3v) is 3.00. The second-order valence-electron chi connectivity index (χ2n) is 5.38. The van der Waals surface area contributed by atoms with Gasteiger partial charge in [0.25, 0.3) is 0 Å². The minimum Gasteiger partial charge on any atom is -0.316 e. The number of benzene rings is 1. The van der Waals surface area contributed by atoms with Crippen LogP contribution in [0, 0.1) is 22.6 Å². The van der Waals surface area contributed by atoms with Gasteiger partial charge in [0.2, 0.25) is 0 Å². The van der Waals surface area contributed by atoms with Crippen molar-refractivity contribution in [3.63, 3.8) is 0 Å². The summed E-state index contributed by atoms with van der Waals surface area (Å²) in [6.45, 7) is 6.02. The van der Waals surface area contributed by atoms with E-state index in [0.717, 1.165) is 31.5 Å². The van der Waals surface area contributed by atoms with Gasteiger partial charge in [-0.3, -0.25) is 0 Å². The second kappa shape index (κ2) is 7.13. The van der Waals surface area contributed by atoms with Crippen LogP contribution in [0.5, 0.6) is 0 Å². The predicted molar refractivity (Wildman–Crippen MR) is 71.6 cm³/mol. The fraction of sp³-hybridized carbons (Fsp3) is 0.533. The molecule has 0 bridgehead atoms. The Morgan fingerprint density at radius 2 is 2.17 bits per heavy atom.